The van der Waals surface area contributed by atoms with Crippen LogP contribution in [0.4, 0.5) is 13.2 Å². The summed E-state index contributed by atoms with van der Waals surface area (Å²) in [4.78, 5) is 11.3. The highest BCUT2D eigenvalue weighted by atomic mass is 35.5. The van der Waals surface area contributed by atoms with E-state index >= 15 is 0 Å². The van der Waals surface area contributed by atoms with E-state index in [0.29, 0.717) is 12.2 Å². The molecule has 0 aliphatic carbocycles. The summed E-state index contributed by atoms with van der Waals surface area (Å²) < 4.78 is 38.6. The number of aromatic nitrogens is 2. The highest BCUT2D eigenvalue weighted by Gasteiger charge is 2.33. The number of nitrogens with zero attached hydrogens (tertiary/aromatic N) is 2. The number of nitrogens with one attached hydrogen (secondary N) is 1. The topological polar surface area (TPSA) is 72.9 Å². The van der Waals surface area contributed by atoms with Crippen LogP contribution in [-0.4, -0.2) is 21.7 Å². The largest absolute Gasteiger partial charge is 0.435 e. The van der Waals surface area contributed by atoms with Crippen LogP contribution in [0.1, 0.15) is 18.2 Å². The van der Waals surface area contributed by atoms with Crippen molar-refractivity contribution in [1.29, 1.82) is 0 Å². The molecule has 0 aliphatic heterocycles. The lowest BCUT2D eigenvalue weighted by Gasteiger charge is -2.08. The molecule has 0 radical (unpaired) electrons. The summed E-state index contributed by atoms with van der Waals surface area (Å²) >= 11 is 0. The Hall–Kier alpha value is -2.06. The van der Waals surface area contributed by atoms with Gasteiger partial charge in [-0.3, -0.25) is 4.79 Å². The fourth-order valence-corrected chi connectivity index (χ4v) is 1.74. The Morgan fingerprint density at radius 2 is 1.91 bits per heavy atom. The number of halogens is 4. The number of alkyl halides is 3. The second-order valence-electron chi connectivity index (χ2n) is 4.82. The Morgan fingerprint density at radius 3 is 2.39 bits per heavy atom. The van der Waals surface area contributed by atoms with Crippen LogP contribution < -0.4 is 11.1 Å². The zero-order valence-corrected chi connectivity index (χ0v) is 13.0. The van der Waals surface area contributed by atoms with Gasteiger partial charge in [0.1, 0.15) is 0 Å². The van der Waals surface area contributed by atoms with E-state index in [4.69, 9.17) is 5.73 Å². The summed E-state index contributed by atoms with van der Waals surface area (Å²) in [6, 6.07) is 6.97. The van der Waals surface area contributed by atoms with Crippen molar-refractivity contribution in [1.82, 2.24) is 15.1 Å². The Morgan fingerprint density at radius 1 is 1.30 bits per heavy atom. The van der Waals surface area contributed by atoms with Crippen molar-refractivity contribution in [2.75, 3.05) is 0 Å². The van der Waals surface area contributed by atoms with Crippen molar-refractivity contribution in [3.63, 3.8) is 0 Å². The smallest absolute Gasteiger partial charge is 0.351 e. The lowest BCUT2D eigenvalue weighted by Crippen LogP contribution is -2.37. The first kappa shape index (κ1) is 19.0. The molecule has 3 N–H and O–H groups in total. The molecular formula is C14H16ClF3N4O. The molecule has 1 atom stereocenters. The van der Waals surface area contributed by atoms with Crippen LogP contribution in [0.3, 0.4) is 0 Å². The molecule has 0 saturated carbocycles. The van der Waals surface area contributed by atoms with Crippen molar-refractivity contribution in [3.8, 4) is 5.69 Å². The number of hydrogen-bond donors (Lipinski definition) is 2. The van der Waals surface area contributed by atoms with Gasteiger partial charge in [-0.1, -0.05) is 12.1 Å². The molecule has 9 heteroatoms. The highest BCUT2D eigenvalue weighted by Crippen LogP contribution is 2.27. The molecule has 2 aromatic rings. The van der Waals surface area contributed by atoms with E-state index in [-0.39, 0.29) is 18.3 Å². The summed E-state index contributed by atoms with van der Waals surface area (Å²) in [6.45, 7) is 1.88. The van der Waals surface area contributed by atoms with E-state index in [2.05, 4.69) is 10.4 Å². The Bertz CT molecular complexity index is 653. The third kappa shape index (κ3) is 4.97. The fourth-order valence-electron chi connectivity index (χ4n) is 1.74. The van der Waals surface area contributed by atoms with Gasteiger partial charge in [-0.25, -0.2) is 4.68 Å². The summed E-state index contributed by atoms with van der Waals surface area (Å²) in [7, 11) is 0. The third-order valence-electron chi connectivity index (χ3n) is 2.96. The normalized spacial score (nSPS) is 12.4. The van der Waals surface area contributed by atoms with Gasteiger partial charge < -0.3 is 11.1 Å². The number of carbonyl (C=O) groups is 1. The zero-order chi connectivity index (χ0) is 16.3. The van der Waals surface area contributed by atoms with Crippen LogP contribution in [0.5, 0.6) is 0 Å². The summed E-state index contributed by atoms with van der Waals surface area (Å²) in [5.41, 5.74) is 5.78. The maximum atomic E-state index is 12.5. The van der Waals surface area contributed by atoms with Gasteiger partial charge in [0.15, 0.2) is 5.69 Å². The predicted octanol–water partition coefficient (Wildman–Crippen LogP) is 2.28. The molecule has 0 bridgehead atoms. The van der Waals surface area contributed by atoms with Gasteiger partial charge in [0.05, 0.1) is 11.7 Å². The predicted molar refractivity (Wildman–Crippen MR) is 81.3 cm³/mol. The van der Waals surface area contributed by atoms with Gasteiger partial charge in [0, 0.05) is 12.7 Å². The second-order valence-corrected chi connectivity index (χ2v) is 4.82. The lowest BCUT2D eigenvalue weighted by atomic mass is 10.2. The van der Waals surface area contributed by atoms with Gasteiger partial charge >= 0.3 is 6.18 Å². The molecule has 23 heavy (non-hydrogen) atoms. The maximum absolute atomic E-state index is 12.5. The van der Waals surface area contributed by atoms with Crippen molar-refractivity contribution in [2.24, 2.45) is 5.73 Å². The van der Waals surface area contributed by atoms with Crippen molar-refractivity contribution < 1.29 is 18.0 Å². The van der Waals surface area contributed by atoms with Crippen LogP contribution in [0.25, 0.3) is 5.69 Å². The van der Waals surface area contributed by atoms with E-state index < -0.39 is 17.9 Å². The molecule has 1 heterocycles. The second kappa shape index (κ2) is 7.47. The third-order valence-corrected chi connectivity index (χ3v) is 2.96. The number of hydrogen-bond acceptors (Lipinski definition) is 3. The average molecular weight is 349 g/mol. The Labute approximate surface area is 137 Å². The minimum atomic E-state index is -4.46. The molecule has 0 fully saturated rings. The van der Waals surface area contributed by atoms with E-state index in [0.717, 1.165) is 16.3 Å². The first-order valence-corrected chi connectivity index (χ1v) is 6.53. The fraction of sp³-hybridized carbons (Fsp3) is 0.286. The van der Waals surface area contributed by atoms with Crippen LogP contribution in [0.15, 0.2) is 36.5 Å². The number of carbonyl (C=O) groups excluding carboxylic acids is 1. The minimum Gasteiger partial charge on any atom is -0.351 e. The van der Waals surface area contributed by atoms with E-state index in [9.17, 15) is 18.0 Å². The van der Waals surface area contributed by atoms with Gasteiger partial charge in [0.2, 0.25) is 5.91 Å². The number of benzene rings is 1. The number of amides is 1. The Balaban J connectivity index is 0.00000264. The van der Waals surface area contributed by atoms with Gasteiger partial charge in [-0.15, -0.1) is 12.4 Å². The molecule has 1 amide bonds. The molecule has 0 aliphatic rings. The SMILES string of the molecule is C[C@@H](N)C(=O)NCc1ccc(-n2ccc(C(F)(F)F)n2)cc1.Cl. The molecule has 126 valence electrons. The minimum absolute atomic E-state index is 0. The van der Waals surface area contributed by atoms with E-state index in [1.54, 1.807) is 31.2 Å². The highest BCUT2D eigenvalue weighted by molar-refractivity contribution is 5.85. The molecule has 2 rings (SSSR count). The zero-order valence-electron chi connectivity index (χ0n) is 12.2. The average Bonchev–Trinajstić information content (AvgIpc) is 2.95. The van der Waals surface area contributed by atoms with Crippen LogP contribution in [0.2, 0.25) is 0 Å². The summed E-state index contributed by atoms with van der Waals surface area (Å²) in [5.74, 6) is -0.272. The molecule has 0 spiro atoms. The van der Waals surface area contributed by atoms with E-state index in [1.807, 2.05) is 0 Å². The number of nitrogens with two attached hydrogens (primary N) is 1. The van der Waals surface area contributed by atoms with Crippen molar-refractivity contribution in [3.05, 3.63) is 47.8 Å². The standard InChI is InChI=1S/C14H15F3N4O.ClH/c1-9(18)13(22)19-8-10-2-4-11(5-3-10)21-7-6-12(20-21)14(15,16)17;/h2-7,9H,8,18H2,1H3,(H,19,22);1H/t9-;/m1./s1. The van der Waals surface area contributed by atoms with Crippen molar-refractivity contribution >= 4 is 18.3 Å². The molecule has 5 nitrogen and oxygen atoms in total. The Kier molecular flexibility index (Phi) is 6.17. The monoisotopic (exact) mass is 348 g/mol. The molecule has 1 aromatic heterocycles. The molecular weight excluding hydrogens is 333 g/mol. The number of rotatable bonds is 4. The first-order chi connectivity index (χ1) is 10.3. The molecule has 0 unspecified atom stereocenters. The quantitative estimate of drug-likeness (QED) is 0.890. The van der Waals surface area contributed by atoms with Crippen molar-refractivity contribution in [2.45, 2.75) is 25.7 Å². The molecule has 1 aromatic carbocycles. The lowest BCUT2D eigenvalue weighted by molar-refractivity contribution is -0.141. The summed E-state index contributed by atoms with van der Waals surface area (Å²) in [5, 5.41) is 6.13. The van der Waals surface area contributed by atoms with E-state index in [1.165, 1.54) is 6.20 Å². The van der Waals surface area contributed by atoms with Gasteiger partial charge in [-0.05, 0) is 30.7 Å². The van der Waals surface area contributed by atoms with Crippen LogP contribution in [-0.2, 0) is 17.5 Å². The first-order valence-electron chi connectivity index (χ1n) is 6.53. The molecule has 0 saturated heterocycles. The van der Waals surface area contributed by atoms with Gasteiger partial charge in [-0.2, -0.15) is 18.3 Å². The van der Waals surface area contributed by atoms with Gasteiger partial charge in [0.25, 0.3) is 0 Å². The van der Waals surface area contributed by atoms with Crippen LogP contribution in [0, 0.1) is 0 Å². The summed E-state index contributed by atoms with van der Waals surface area (Å²) in [6.07, 6.45) is -3.22. The maximum Gasteiger partial charge on any atom is 0.435 e. The van der Waals surface area contributed by atoms with Crippen LogP contribution >= 0.6 is 12.4 Å².